The van der Waals surface area contributed by atoms with Gasteiger partial charge in [-0.1, -0.05) is 42.6 Å². The van der Waals surface area contributed by atoms with E-state index >= 15 is 0 Å². The third-order valence-corrected chi connectivity index (χ3v) is 4.11. The van der Waals surface area contributed by atoms with Crippen molar-refractivity contribution in [2.45, 2.75) is 32.7 Å². The van der Waals surface area contributed by atoms with Crippen LogP contribution in [0.25, 0.3) is 0 Å². The maximum Gasteiger partial charge on any atom is 0.161 e. The van der Waals surface area contributed by atoms with Crippen LogP contribution in [0, 0.1) is 5.92 Å². The molecular formula is C14H22BrNO2. The van der Waals surface area contributed by atoms with E-state index in [2.05, 4.69) is 29.8 Å². The smallest absolute Gasteiger partial charge is 0.161 e. The van der Waals surface area contributed by atoms with Crippen molar-refractivity contribution in [1.82, 2.24) is 0 Å². The van der Waals surface area contributed by atoms with Gasteiger partial charge in [0.2, 0.25) is 0 Å². The van der Waals surface area contributed by atoms with Crippen LogP contribution in [0.3, 0.4) is 0 Å². The molecule has 0 fully saturated rings. The molecule has 0 bridgehead atoms. The highest BCUT2D eigenvalue weighted by Crippen LogP contribution is 2.38. The normalized spacial score (nSPS) is 12.6. The molecule has 0 amide bonds. The highest BCUT2D eigenvalue weighted by atomic mass is 79.9. The Kier molecular flexibility index (Phi) is 5.96. The quantitative estimate of drug-likeness (QED) is 0.865. The monoisotopic (exact) mass is 315 g/mol. The molecule has 1 unspecified atom stereocenters. The van der Waals surface area contributed by atoms with E-state index in [0.717, 1.165) is 28.6 Å². The van der Waals surface area contributed by atoms with Crippen molar-refractivity contribution in [3.05, 3.63) is 22.2 Å². The van der Waals surface area contributed by atoms with Crippen molar-refractivity contribution in [2.75, 3.05) is 14.2 Å². The molecule has 0 saturated carbocycles. The van der Waals surface area contributed by atoms with Crippen molar-refractivity contribution in [1.29, 1.82) is 0 Å². The lowest BCUT2D eigenvalue weighted by molar-refractivity contribution is 0.351. The van der Waals surface area contributed by atoms with E-state index in [1.807, 2.05) is 12.1 Å². The van der Waals surface area contributed by atoms with E-state index in [1.165, 1.54) is 0 Å². The largest absolute Gasteiger partial charge is 0.493 e. The molecule has 0 spiro atoms. The van der Waals surface area contributed by atoms with Crippen LogP contribution in [0.5, 0.6) is 11.5 Å². The molecular weight excluding hydrogens is 294 g/mol. The first-order valence-corrected chi connectivity index (χ1v) is 7.05. The minimum Gasteiger partial charge on any atom is -0.493 e. The average Bonchev–Trinajstić information content (AvgIpc) is 2.39. The Balaban J connectivity index is 3.16. The molecule has 0 radical (unpaired) electrons. The zero-order chi connectivity index (χ0) is 13.7. The summed E-state index contributed by atoms with van der Waals surface area (Å²) in [6.45, 7) is 4.34. The van der Waals surface area contributed by atoms with Gasteiger partial charge in [0.1, 0.15) is 0 Å². The summed E-state index contributed by atoms with van der Waals surface area (Å²) >= 11 is 3.56. The number of rotatable bonds is 6. The molecule has 4 heteroatoms. The van der Waals surface area contributed by atoms with Gasteiger partial charge in [0, 0.05) is 10.5 Å². The number of hydrogen-bond acceptors (Lipinski definition) is 3. The van der Waals surface area contributed by atoms with E-state index in [9.17, 15) is 0 Å². The summed E-state index contributed by atoms with van der Waals surface area (Å²) in [6.07, 6.45) is 2.14. The number of methoxy groups -OCH3 is 2. The van der Waals surface area contributed by atoms with Gasteiger partial charge < -0.3 is 15.2 Å². The molecule has 1 aromatic carbocycles. The number of benzene rings is 1. The number of halogens is 1. The van der Waals surface area contributed by atoms with Gasteiger partial charge in [0.15, 0.2) is 11.5 Å². The molecule has 2 N–H and O–H groups in total. The SMILES string of the molecule is CCC(CC)C(N)c1cc(OC)c(OC)cc1Br. The van der Waals surface area contributed by atoms with Gasteiger partial charge in [-0.25, -0.2) is 0 Å². The van der Waals surface area contributed by atoms with Crippen LogP contribution in [0.1, 0.15) is 38.3 Å². The molecule has 0 aliphatic carbocycles. The van der Waals surface area contributed by atoms with Crippen molar-refractivity contribution in [3.63, 3.8) is 0 Å². The lowest BCUT2D eigenvalue weighted by Crippen LogP contribution is -2.21. The van der Waals surface area contributed by atoms with Crippen LogP contribution in [-0.2, 0) is 0 Å². The third kappa shape index (κ3) is 3.18. The topological polar surface area (TPSA) is 44.5 Å². The summed E-state index contributed by atoms with van der Waals surface area (Å²) in [4.78, 5) is 0. The van der Waals surface area contributed by atoms with E-state index < -0.39 is 0 Å². The lowest BCUT2D eigenvalue weighted by atomic mass is 9.89. The Morgan fingerprint density at radius 2 is 1.61 bits per heavy atom. The summed E-state index contributed by atoms with van der Waals surface area (Å²) in [5.74, 6) is 1.90. The van der Waals surface area contributed by atoms with E-state index in [4.69, 9.17) is 15.2 Å². The van der Waals surface area contributed by atoms with Crippen LogP contribution in [0.15, 0.2) is 16.6 Å². The molecule has 3 nitrogen and oxygen atoms in total. The summed E-state index contributed by atoms with van der Waals surface area (Å²) < 4.78 is 11.6. The van der Waals surface area contributed by atoms with Crippen molar-refractivity contribution in [3.8, 4) is 11.5 Å². The first-order chi connectivity index (χ1) is 8.58. The van der Waals surface area contributed by atoms with E-state index in [1.54, 1.807) is 14.2 Å². The minimum atomic E-state index is 0.00850. The van der Waals surface area contributed by atoms with Gasteiger partial charge in [-0.05, 0) is 23.6 Å². The van der Waals surface area contributed by atoms with Gasteiger partial charge in [-0.2, -0.15) is 0 Å². The predicted molar refractivity (Wildman–Crippen MR) is 78.2 cm³/mol. The summed E-state index contributed by atoms with van der Waals surface area (Å²) in [5.41, 5.74) is 7.42. The van der Waals surface area contributed by atoms with E-state index in [-0.39, 0.29) is 6.04 Å². The fraction of sp³-hybridized carbons (Fsp3) is 0.571. The average molecular weight is 316 g/mol. The van der Waals surface area contributed by atoms with Crippen LogP contribution in [0.2, 0.25) is 0 Å². The van der Waals surface area contributed by atoms with Gasteiger partial charge in [-0.3, -0.25) is 0 Å². The van der Waals surface area contributed by atoms with Crippen molar-refractivity contribution in [2.24, 2.45) is 11.7 Å². The molecule has 1 rings (SSSR count). The number of ether oxygens (including phenoxy) is 2. The standard InChI is InChI=1S/C14H22BrNO2/c1-5-9(6-2)14(16)10-7-12(17-3)13(18-4)8-11(10)15/h7-9,14H,5-6,16H2,1-4H3. The Morgan fingerprint density at radius 3 is 2.06 bits per heavy atom. The van der Waals surface area contributed by atoms with Crippen LogP contribution in [0.4, 0.5) is 0 Å². The summed E-state index contributed by atoms with van der Waals surface area (Å²) in [5, 5.41) is 0. The fourth-order valence-electron chi connectivity index (χ4n) is 2.18. The van der Waals surface area contributed by atoms with E-state index in [0.29, 0.717) is 11.7 Å². The summed E-state index contributed by atoms with van der Waals surface area (Å²) in [6, 6.07) is 3.89. The van der Waals surface area contributed by atoms with Gasteiger partial charge in [0.05, 0.1) is 14.2 Å². The molecule has 1 aromatic rings. The van der Waals surface area contributed by atoms with Gasteiger partial charge in [-0.15, -0.1) is 0 Å². The number of hydrogen-bond donors (Lipinski definition) is 1. The zero-order valence-corrected chi connectivity index (χ0v) is 13.1. The molecule has 0 aliphatic rings. The summed E-state index contributed by atoms with van der Waals surface area (Å²) in [7, 11) is 3.27. The second-order valence-electron chi connectivity index (χ2n) is 4.33. The number of nitrogens with two attached hydrogens (primary N) is 1. The Hall–Kier alpha value is -0.740. The fourth-order valence-corrected chi connectivity index (χ4v) is 2.76. The Morgan fingerprint density at radius 1 is 1.11 bits per heavy atom. The molecule has 102 valence electrons. The predicted octanol–water partition coefficient (Wildman–Crippen LogP) is 3.90. The molecule has 0 heterocycles. The third-order valence-electron chi connectivity index (χ3n) is 3.42. The van der Waals surface area contributed by atoms with Gasteiger partial charge >= 0.3 is 0 Å². The Bertz CT molecular complexity index is 392. The van der Waals surface area contributed by atoms with Crippen molar-refractivity contribution >= 4 is 15.9 Å². The zero-order valence-electron chi connectivity index (χ0n) is 11.5. The highest BCUT2D eigenvalue weighted by Gasteiger charge is 2.20. The second kappa shape index (κ2) is 7.00. The Labute approximate surface area is 118 Å². The molecule has 18 heavy (non-hydrogen) atoms. The van der Waals surface area contributed by atoms with Crippen LogP contribution < -0.4 is 15.2 Å². The molecule has 0 saturated heterocycles. The van der Waals surface area contributed by atoms with Crippen LogP contribution in [-0.4, -0.2) is 14.2 Å². The van der Waals surface area contributed by atoms with Crippen molar-refractivity contribution < 1.29 is 9.47 Å². The van der Waals surface area contributed by atoms with Crippen LogP contribution >= 0.6 is 15.9 Å². The highest BCUT2D eigenvalue weighted by molar-refractivity contribution is 9.10. The van der Waals surface area contributed by atoms with Gasteiger partial charge in [0.25, 0.3) is 0 Å². The second-order valence-corrected chi connectivity index (χ2v) is 5.19. The molecule has 1 atom stereocenters. The maximum atomic E-state index is 6.35. The minimum absolute atomic E-state index is 0.00850. The first-order valence-electron chi connectivity index (χ1n) is 6.25. The first kappa shape index (κ1) is 15.3. The lowest BCUT2D eigenvalue weighted by Gasteiger charge is -2.23. The molecule has 0 aliphatic heterocycles. The molecule has 0 aromatic heterocycles. The maximum absolute atomic E-state index is 6.35.